The molecule has 1 aromatic rings. The maximum Gasteiger partial charge on any atom is 0.253 e. The summed E-state index contributed by atoms with van der Waals surface area (Å²) < 4.78 is 0.782. The zero-order valence-electron chi connectivity index (χ0n) is 8.67. The average molecular weight is 266 g/mol. The molecule has 0 fully saturated rings. The lowest BCUT2D eigenvalue weighted by Crippen LogP contribution is -2.31. The zero-order chi connectivity index (χ0) is 11.4. The van der Waals surface area contributed by atoms with Gasteiger partial charge in [-0.25, -0.2) is 0 Å². The van der Waals surface area contributed by atoms with Gasteiger partial charge in [0.15, 0.2) is 0 Å². The van der Waals surface area contributed by atoms with Crippen molar-refractivity contribution >= 4 is 21.8 Å². The fourth-order valence-corrected chi connectivity index (χ4v) is 1.79. The summed E-state index contributed by atoms with van der Waals surface area (Å²) in [5.74, 6) is 2.29. The van der Waals surface area contributed by atoms with Crippen LogP contribution in [0, 0.1) is 19.3 Å². The van der Waals surface area contributed by atoms with Crippen LogP contribution in [0.1, 0.15) is 22.8 Å². The minimum absolute atomic E-state index is 0.160. The quantitative estimate of drug-likeness (QED) is 0.819. The Morgan fingerprint density at radius 2 is 2.27 bits per heavy atom. The number of amides is 1. The van der Waals surface area contributed by atoms with Gasteiger partial charge in [-0.2, -0.15) is 0 Å². The molecule has 1 unspecified atom stereocenters. The molecule has 0 aliphatic heterocycles. The first kappa shape index (κ1) is 11.8. The van der Waals surface area contributed by atoms with Crippen molar-refractivity contribution in [1.82, 2.24) is 5.32 Å². The smallest absolute Gasteiger partial charge is 0.253 e. The van der Waals surface area contributed by atoms with Gasteiger partial charge in [-0.3, -0.25) is 4.79 Å². The van der Waals surface area contributed by atoms with Crippen molar-refractivity contribution in [2.24, 2.45) is 0 Å². The van der Waals surface area contributed by atoms with Crippen molar-refractivity contribution in [2.45, 2.75) is 19.9 Å². The summed E-state index contributed by atoms with van der Waals surface area (Å²) >= 11 is 3.35. The minimum atomic E-state index is -0.259. The maximum absolute atomic E-state index is 11.7. The van der Waals surface area contributed by atoms with Gasteiger partial charge in [0.05, 0.1) is 11.6 Å². The van der Waals surface area contributed by atoms with Gasteiger partial charge in [-0.05, 0) is 47.5 Å². The molecular weight excluding hydrogens is 254 g/mol. The third-order valence-electron chi connectivity index (χ3n) is 1.97. The van der Waals surface area contributed by atoms with Crippen molar-refractivity contribution in [3.63, 3.8) is 0 Å². The second-order valence-corrected chi connectivity index (χ2v) is 4.20. The lowest BCUT2D eigenvalue weighted by Gasteiger charge is -2.09. The Morgan fingerprint density at radius 3 is 2.80 bits per heavy atom. The number of benzene rings is 1. The molecule has 1 rings (SSSR count). The zero-order valence-corrected chi connectivity index (χ0v) is 10.3. The van der Waals surface area contributed by atoms with E-state index in [9.17, 15) is 4.79 Å². The van der Waals surface area contributed by atoms with Gasteiger partial charge in [0, 0.05) is 4.47 Å². The van der Waals surface area contributed by atoms with E-state index in [4.69, 9.17) is 6.42 Å². The molecule has 1 atom stereocenters. The highest BCUT2D eigenvalue weighted by Crippen LogP contribution is 2.18. The summed E-state index contributed by atoms with van der Waals surface area (Å²) in [6.45, 7) is 3.73. The lowest BCUT2D eigenvalue weighted by molar-refractivity contribution is 0.0947. The first-order chi connectivity index (χ1) is 7.04. The van der Waals surface area contributed by atoms with E-state index < -0.39 is 0 Å². The molecule has 15 heavy (non-hydrogen) atoms. The van der Waals surface area contributed by atoms with E-state index in [0.717, 1.165) is 10.0 Å². The predicted octanol–water partition coefficient (Wildman–Crippen LogP) is 2.51. The Kier molecular flexibility index (Phi) is 3.93. The normalized spacial score (nSPS) is 11.6. The van der Waals surface area contributed by atoms with E-state index >= 15 is 0 Å². The number of rotatable bonds is 2. The Morgan fingerprint density at radius 1 is 1.60 bits per heavy atom. The van der Waals surface area contributed by atoms with Crippen LogP contribution in [0.5, 0.6) is 0 Å². The highest BCUT2D eigenvalue weighted by molar-refractivity contribution is 9.10. The SMILES string of the molecule is C#CC(C)NC(=O)c1ccc(C)cc1Br. The predicted molar refractivity (Wildman–Crippen MR) is 64.6 cm³/mol. The number of aryl methyl sites for hydroxylation is 1. The van der Waals surface area contributed by atoms with Crippen LogP contribution in [0.3, 0.4) is 0 Å². The standard InChI is InChI=1S/C12H12BrNO/c1-4-9(3)14-12(15)10-6-5-8(2)7-11(10)13/h1,5-7,9H,2-3H3,(H,14,15). The van der Waals surface area contributed by atoms with Gasteiger partial charge in [-0.15, -0.1) is 6.42 Å². The van der Waals surface area contributed by atoms with Gasteiger partial charge in [0.1, 0.15) is 0 Å². The number of hydrogen-bond donors (Lipinski definition) is 1. The highest BCUT2D eigenvalue weighted by atomic mass is 79.9. The first-order valence-electron chi connectivity index (χ1n) is 4.57. The summed E-state index contributed by atoms with van der Waals surface area (Å²) in [4.78, 5) is 11.7. The number of nitrogens with one attached hydrogen (secondary N) is 1. The largest absolute Gasteiger partial charge is 0.339 e. The highest BCUT2D eigenvalue weighted by Gasteiger charge is 2.11. The Bertz CT molecular complexity index is 420. The van der Waals surface area contributed by atoms with E-state index in [-0.39, 0.29) is 11.9 Å². The monoisotopic (exact) mass is 265 g/mol. The van der Waals surface area contributed by atoms with Crippen molar-refractivity contribution in [2.75, 3.05) is 0 Å². The Hall–Kier alpha value is -1.27. The summed E-state index contributed by atoms with van der Waals surface area (Å²) in [5, 5.41) is 2.70. The molecule has 0 aliphatic rings. The topological polar surface area (TPSA) is 29.1 Å². The van der Waals surface area contributed by atoms with E-state index in [1.165, 1.54) is 0 Å². The van der Waals surface area contributed by atoms with Gasteiger partial charge in [-0.1, -0.05) is 12.0 Å². The third kappa shape index (κ3) is 3.10. The summed E-state index contributed by atoms with van der Waals surface area (Å²) in [7, 11) is 0. The van der Waals surface area contributed by atoms with Crippen LogP contribution < -0.4 is 5.32 Å². The van der Waals surface area contributed by atoms with Gasteiger partial charge in [0.2, 0.25) is 0 Å². The van der Waals surface area contributed by atoms with Crippen molar-refractivity contribution in [3.8, 4) is 12.3 Å². The van der Waals surface area contributed by atoms with Crippen LogP contribution >= 0.6 is 15.9 Å². The van der Waals surface area contributed by atoms with E-state index in [0.29, 0.717) is 5.56 Å². The molecule has 1 N–H and O–H groups in total. The molecule has 3 heteroatoms. The van der Waals surface area contributed by atoms with Crippen LogP contribution in [0.2, 0.25) is 0 Å². The van der Waals surface area contributed by atoms with Crippen molar-refractivity contribution in [3.05, 3.63) is 33.8 Å². The van der Waals surface area contributed by atoms with Crippen LogP contribution in [-0.4, -0.2) is 11.9 Å². The van der Waals surface area contributed by atoms with E-state index in [1.54, 1.807) is 13.0 Å². The molecule has 1 aromatic carbocycles. The molecule has 0 aromatic heterocycles. The maximum atomic E-state index is 11.7. The lowest BCUT2D eigenvalue weighted by atomic mass is 10.1. The van der Waals surface area contributed by atoms with Gasteiger partial charge < -0.3 is 5.32 Å². The Labute approximate surface area is 98.2 Å². The third-order valence-corrected chi connectivity index (χ3v) is 2.62. The number of carbonyl (C=O) groups is 1. The molecule has 0 saturated carbocycles. The molecule has 0 radical (unpaired) electrons. The summed E-state index contributed by atoms with van der Waals surface area (Å²) in [5.41, 5.74) is 1.70. The van der Waals surface area contributed by atoms with E-state index in [2.05, 4.69) is 27.2 Å². The Balaban J connectivity index is 2.88. The average Bonchev–Trinajstić information content (AvgIpc) is 2.17. The van der Waals surface area contributed by atoms with Crippen LogP contribution in [0.15, 0.2) is 22.7 Å². The number of halogens is 1. The molecule has 0 bridgehead atoms. The number of hydrogen-bond acceptors (Lipinski definition) is 1. The van der Waals surface area contributed by atoms with Crippen molar-refractivity contribution < 1.29 is 4.79 Å². The van der Waals surface area contributed by atoms with Crippen LogP contribution in [0.25, 0.3) is 0 Å². The van der Waals surface area contributed by atoms with Gasteiger partial charge in [0.25, 0.3) is 5.91 Å². The summed E-state index contributed by atoms with van der Waals surface area (Å²) in [6.07, 6.45) is 5.18. The second-order valence-electron chi connectivity index (χ2n) is 3.35. The number of terminal acetylenes is 1. The summed E-state index contributed by atoms with van der Waals surface area (Å²) in [6, 6.07) is 5.30. The van der Waals surface area contributed by atoms with E-state index in [1.807, 2.05) is 19.1 Å². The minimum Gasteiger partial charge on any atom is -0.339 e. The van der Waals surface area contributed by atoms with Crippen molar-refractivity contribution in [1.29, 1.82) is 0 Å². The second kappa shape index (κ2) is 4.99. The fourth-order valence-electron chi connectivity index (χ4n) is 1.12. The molecule has 0 heterocycles. The first-order valence-corrected chi connectivity index (χ1v) is 5.37. The molecule has 0 aliphatic carbocycles. The number of carbonyl (C=O) groups excluding carboxylic acids is 1. The van der Waals surface area contributed by atoms with Gasteiger partial charge >= 0.3 is 0 Å². The molecule has 0 spiro atoms. The fraction of sp³-hybridized carbons (Fsp3) is 0.250. The molecule has 0 saturated heterocycles. The molecular formula is C12H12BrNO. The van der Waals surface area contributed by atoms with Crippen LogP contribution in [0.4, 0.5) is 0 Å². The molecule has 2 nitrogen and oxygen atoms in total. The molecule has 1 amide bonds. The molecule has 78 valence electrons. The van der Waals surface area contributed by atoms with Crippen LogP contribution in [-0.2, 0) is 0 Å².